The Hall–Kier alpha value is -8.14. The van der Waals surface area contributed by atoms with Gasteiger partial charge >= 0.3 is 0 Å². The van der Waals surface area contributed by atoms with E-state index in [9.17, 15) is 5.26 Å². The summed E-state index contributed by atoms with van der Waals surface area (Å²) in [6, 6.07) is 69.0. The Bertz CT molecular complexity index is 3340. The highest BCUT2D eigenvalue weighted by Gasteiger charge is 2.24. The van der Waals surface area contributed by atoms with E-state index in [0.717, 1.165) is 72.0 Å². The van der Waals surface area contributed by atoms with Crippen molar-refractivity contribution in [3.63, 3.8) is 0 Å². The number of fused-ring (bicyclic) bond motifs is 7. The third kappa shape index (κ3) is 5.30. The van der Waals surface area contributed by atoms with Crippen molar-refractivity contribution >= 4 is 43.6 Å². The summed E-state index contributed by atoms with van der Waals surface area (Å²) in [6.07, 6.45) is 0. The molecule has 0 aliphatic rings. The highest BCUT2D eigenvalue weighted by atomic mass is 15.1. The molecule has 58 heavy (non-hydrogen) atoms. The molecule has 0 aliphatic heterocycles. The maximum atomic E-state index is 10.5. The number of para-hydroxylation sites is 3. The van der Waals surface area contributed by atoms with Crippen molar-refractivity contribution in [3.05, 3.63) is 200 Å². The van der Waals surface area contributed by atoms with Crippen molar-refractivity contribution in [2.24, 2.45) is 0 Å². The lowest BCUT2D eigenvalue weighted by atomic mass is 9.96. The molecule has 0 saturated heterocycles. The Labute approximate surface area is 334 Å². The highest BCUT2D eigenvalue weighted by Crippen LogP contribution is 2.44. The van der Waals surface area contributed by atoms with Crippen LogP contribution in [0.5, 0.6) is 0 Å². The van der Waals surface area contributed by atoms with E-state index in [0.29, 0.717) is 23.0 Å². The molecule has 11 aromatic rings. The van der Waals surface area contributed by atoms with Gasteiger partial charge in [-0.3, -0.25) is 0 Å². The van der Waals surface area contributed by atoms with Crippen LogP contribution in [0, 0.1) is 11.3 Å². The van der Waals surface area contributed by atoms with Crippen molar-refractivity contribution in [3.8, 4) is 62.7 Å². The molecule has 0 bridgehead atoms. The maximum Gasteiger partial charge on any atom is 0.164 e. The quantitative estimate of drug-likeness (QED) is 0.170. The smallest absolute Gasteiger partial charge is 0.164 e. The topological polar surface area (TPSA) is 72.3 Å². The Kier molecular flexibility index (Phi) is 7.76. The monoisotopic (exact) mass is 740 g/mol. The summed E-state index contributed by atoms with van der Waals surface area (Å²) in [5.41, 5.74) is 11.3. The first-order valence-electron chi connectivity index (χ1n) is 19.3. The maximum absolute atomic E-state index is 10.5. The second-order valence-electron chi connectivity index (χ2n) is 14.3. The zero-order chi connectivity index (χ0) is 38.6. The number of rotatable bonds is 6. The van der Waals surface area contributed by atoms with Crippen molar-refractivity contribution in [1.82, 2.24) is 24.1 Å². The fourth-order valence-electron chi connectivity index (χ4n) is 8.44. The number of nitrogens with zero attached hydrogens (tertiary/aromatic N) is 6. The van der Waals surface area contributed by atoms with Crippen LogP contribution in [-0.4, -0.2) is 24.1 Å². The second kappa shape index (κ2) is 13.6. The standard InChI is InChI=1S/C52H32N6/c53-33-37-20-10-11-23-39(37)44-32-36(52-55-50(34-16-4-1-5-17-34)54-51(56-52)35-18-6-2-7-19-35)28-31-47(44)58-46-27-15-13-25-41(46)43-30-29-42-40-24-12-14-26-45(40)57(48(42)49(43)58)38-21-8-3-9-22-38/h1-32H. The summed E-state index contributed by atoms with van der Waals surface area (Å²) in [4.78, 5) is 15.1. The first-order chi connectivity index (χ1) is 28.7. The molecule has 0 atom stereocenters. The zero-order valence-corrected chi connectivity index (χ0v) is 31.2. The van der Waals surface area contributed by atoms with E-state index in [-0.39, 0.29) is 0 Å². The normalized spacial score (nSPS) is 11.4. The van der Waals surface area contributed by atoms with Crippen LogP contribution in [0.15, 0.2) is 194 Å². The second-order valence-corrected chi connectivity index (χ2v) is 14.3. The van der Waals surface area contributed by atoms with Crippen LogP contribution >= 0.6 is 0 Å². The molecule has 3 aromatic heterocycles. The van der Waals surface area contributed by atoms with Gasteiger partial charge in [0.25, 0.3) is 0 Å². The summed E-state index contributed by atoms with van der Waals surface area (Å²) in [5, 5.41) is 15.2. The molecule has 6 nitrogen and oxygen atoms in total. The Morgan fingerprint density at radius 1 is 0.379 bits per heavy atom. The lowest BCUT2D eigenvalue weighted by molar-refractivity contribution is 1.07. The number of hydrogen-bond acceptors (Lipinski definition) is 4. The van der Waals surface area contributed by atoms with Gasteiger partial charge in [0, 0.05) is 55.0 Å². The molecule has 0 amide bonds. The lowest BCUT2D eigenvalue weighted by Gasteiger charge is -2.18. The molecule has 11 rings (SSSR count). The van der Waals surface area contributed by atoms with E-state index in [4.69, 9.17) is 15.0 Å². The van der Waals surface area contributed by atoms with E-state index in [2.05, 4.69) is 124 Å². The summed E-state index contributed by atoms with van der Waals surface area (Å²) in [6.45, 7) is 0. The van der Waals surface area contributed by atoms with Gasteiger partial charge in [-0.1, -0.05) is 146 Å². The molecular weight excluding hydrogens is 709 g/mol. The van der Waals surface area contributed by atoms with E-state index in [1.807, 2.05) is 84.9 Å². The fourth-order valence-corrected chi connectivity index (χ4v) is 8.44. The summed E-state index contributed by atoms with van der Waals surface area (Å²) < 4.78 is 4.78. The molecule has 6 heteroatoms. The number of aromatic nitrogens is 5. The largest absolute Gasteiger partial charge is 0.307 e. The third-order valence-electron chi connectivity index (χ3n) is 11.0. The van der Waals surface area contributed by atoms with Gasteiger partial charge in [0.2, 0.25) is 0 Å². The minimum Gasteiger partial charge on any atom is -0.307 e. The van der Waals surface area contributed by atoms with Gasteiger partial charge in [0.15, 0.2) is 17.5 Å². The molecular formula is C52H32N6. The van der Waals surface area contributed by atoms with E-state index < -0.39 is 0 Å². The van der Waals surface area contributed by atoms with Gasteiger partial charge in [-0.2, -0.15) is 5.26 Å². The van der Waals surface area contributed by atoms with Crippen LogP contribution in [0.25, 0.3) is 100 Å². The third-order valence-corrected chi connectivity index (χ3v) is 11.0. The lowest BCUT2D eigenvalue weighted by Crippen LogP contribution is -2.03. The molecule has 0 spiro atoms. The average Bonchev–Trinajstić information content (AvgIpc) is 3.82. The molecule has 0 saturated carbocycles. The average molecular weight is 741 g/mol. The van der Waals surface area contributed by atoms with Gasteiger partial charge in [-0.25, -0.2) is 15.0 Å². The SMILES string of the molecule is N#Cc1ccccc1-c1cc(-c2nc(-c3ccccc3)nc(-c3ccccc3)n2)ccc1-n1c2ccccc2c2ccc3c4ccccc4n(-c4ccccc4)c3c21. The minimum absolute atomic E-state index is 0.545. The number of benzene rings is 8. The van der Waals surface area contributed by atoms with Crippen LogP contribution in [0.2, 0.25) is 0 Å². The zero-order valence-electron chi connectivity index (χ0n) is 31.2. The highest BCUT2D eigenvalue weighted by molar-refractivity contribution is 6.24. The van der Waals surface area contributed by atoms with E-state index in [1.54, 1.807) is 0 Å². The molecule has 0 fully saturated rings. The van der Waals surface area contributed by atoms with E-state index in [1.165, 1.54) is 10.8 Å². The molecule has 270 valence electrons. The Balaban J connectivity index is 1.25. The van der Waals surface area contributed by atoms with Crippen LogP contribution < -0.4 is 0 Å². The molecule has 0 aliphatic carbocycles. The Morgan fingerprint density at radius 3 is 1.47 bits per heavy atom. The first-order valence-corrected chi connectivity index (χ1v) is 19.3. The predicted octanol–water partition coefficient (Wildman–Crippen LogP) is 12.6. The van der Waals surface area contributed by atoms with Gasteiger partial charge in [-0.05, 0) is 48.5 Å². The van der Waals surface area contributed by atoms with Gasteiger partial charge in [-0.15, -0.1) is 0 Å². The fraction of sp³-hybridized carbons (Fsp3) is 0. The number of hydrogen-bond donors (Lipinski definition) is 0. The summed E-state index contributed by atoms with van der Waals surface area (Å²) in [5.74, 6) is 1.72. The van der Waals surface area contributed by atoms with Crippen molar-refractivity contribution in [1.29, 1.82) is 5.26 Å². The number of nitriles is 1. The van der Waals surface area contributed by atoms with Crippen LogP contribution in [0.4, 0.5) is 0 Å². The summed E-state index contributed by atoms with van der Waals surface area (Å²) >= 11 is 0. The first kappa shape index (κ1) is 33.2. The minimum atomic E-state index is 0.545. The molecule has 0 unspecified atom stereocenters. The molecule has 0 N–H and O–H groups in total. The Morgan fingerprint density at radius 2 is 0.862 bits per heavy atom. The van der Waals surface area contributed by atoms with Crippen LogP contribution in [-0.2, 0) is 0 Å². The van der Waals surface area contributed by atoms with Gasteiger partial charge < -0.3 is 9.13 Å². The van der Waals surface area contributed by atoms with Crippen molar-refractivity contribution in [2.45, 2.75) is 0 Å². The van der Waals surface area contributed by atoms with Gasteiger partial charge in [0.1, 0.15) is 0 Å². The molecule has 3 heterocycles. The van der Waals surface area contributed by atoms with Crippen LogP contribution in [0.1, 0.15) is 5.56 Å². The van der Waals surface area contributed by atoms with Gasteiger partial charge in [0.05, 0.1) is 39.4 Å². The predicted molar refractivity (Wildman–Crippen MR) is 235 cm³/mol. The summed E-state index contributed by atoms with van der Waals surface area (Å²) in [7, 11) is 0. The van der Waals surface area contributed by atoms with E-state index >= 15 is 0 Å². The van der Waals surface area contributed by atoms with Crippen molar-refractivity contribution < 1.29 is 0 Å². The van der Waals surface area contributed by atoms with Crippen molar-refractivity contribution in [2.75, 3.05) is 0 Å². The molecule has 0 radical (unpaired) electrons. The van der Waals surface area contributed by atoms with Crippen LogP contribution in [0.3, 0.4) is 0 Å². The molecule has 8 aromatic carbocycles.